The monoisotopic (exact) mass is 277 g/mol. The molecule has 4 heteroatoms. The highest BCUT2D eigenvalue weighted by Gasteiger charge is 2.37. The lowest BCUT2D eigenvalue weighted by Crippen LogP contribution is -2.39. The number of aromatic amines is 1. The summed E-state index contributed by atoms with van der Waals surface area (Å²) >= 11 is 6.21. The van der Waals surface area contributed by atoms with Crippen LogP contribution in [0.3, 0.4) is 0 Å². The van der Waals surface area contributed by atoms with Crippen LogP contribution in [-0.2, 0) is 5.41 Å². The van der Waals surface area contributed by atoms with Crippen molar-refractivity contribution >= 4 is 22.6 Å². The number of H-pyrrole nitrogens is 1. The molecular formula is C15H20ClN3. The predicted molar refractivity (Wildman–Crippen MR) is 79.5 cm³/mol. The maximum absolute atomic E-state index is 6.21. The molecule has 1 aromatic heterocycles. The summed E-state index contributed by atoms with van der Waals surface area (Å²) in [6.07, 6.45) is 4.67. The van der Waals surface area contributed by atoms with Crippen LogP contribution in [0.4, 0.5) is 0 Å². The summed E-state index contributed by atoms with van der Waals surface area (Å²) in [6.45, 7) is 2.97. The average Bonchev–Trinajstić information content (AvgIpc) is 2.86. The second kappa shape index (κ2) is 4.80. The van der Waals surface area contributed by atoms with E-state index in [-0.39, 0.29) is 5.41 Å². The third-order valence-corrected chi connectivity index (χ3v) is 4.89. The number of benzene rings is 1. The largest absolute Gasteiger partial charge is 0.341 e. The highest BCUT2D eigenvalue weighted by atomic mass is 35.5. The molecule has 0 amide bonds. The highest BCUT2D eigenvalue weighted by Crippen LogP contribution is 2.40. The molecule has 102 valence electrons. The molecule has 0 atom stereocenters. The van der Waals surface area contributed by atoms with Gasteiger partial charge >= 0.3 is 0 Å². The van der Waals surface area contributed by atoms with E-state index in [1.165, 1.54) is 12.8 Å². The second-order valence-electron chi connectivity index (χ2n) is 5.89. The molecule has 2 aromatic rings. The highest BCUT2D eigenvalue weighted by molar-refractivity contribution is 6.34. The van der Waals surface area contributed by atoms with E-state index in [2.05, 4.69) is 11.9 Å². The van der Waals surface area contributed by atoms with Crippen molar-refractivity contribution < 1.29 is 0 Å². The fourth-order valence-electron chi connectivity index (χ4n) is 3.10. The molecule has 0 spiro atoms. The molecule has 3 rings (SSSR count). The van der Waals surface area contributed by atoms with Gasteiger partial charge in [0, 0.05) is 12.0 Å². The van der Waals surface area contributed by atoms with Gasteiger partial charge in [-0.05, 0) is 43.7 Å². The fourth-order valence-corrected chi connectivity index (χ4v) is 3.32. The fraction of sp³-hybridized carbons (Fsp3) is 0.533. The number of nitrogens with two attached hydrogens (primary N) is 1. The Kier molecular flexibility index (Phi) is 3.27. The van der Waals surface area contributed by atoms with Crippen LogP contribution in [0.2, 0.25) is 5.02 Å². The first-order chi connectivity index (χ1) is 9.14. The molecule has 1 aliphatic rings. The standard InChI is InChI=1S/C15H20ClN3/c1-10-5-7-15(9-17,8-6-10)14-18-12-4-2-3-11(16)13(12)19-14/h2-4,10H,5-9,17H2,1H3,(H,18,19). The molecule has 0 radical (unpaired) electrons. The number of halogens is 1. The van der Waals surface area contributed by atoms with Crippen molar-refractivity contribution in [2.45, 2.75) is 38.0 Å². The summed E-state index contributed by atoms with van der Waals surface area (Å²) in [5, 5.41) is 0.705. The van der Waals surface area contributed by atoms with Gasteiger partial charge in [0.2, 0.25) is 0 Å². The zero-order chi connectivity index (χ0) is 13.5. The zero-order valence-electron chi connectivity index (χ0n) is 11.2. The Morgan fingerprint density at radius 2 is 2.16 bits per heavy atom. The zero-order valence-corrected chi connectivity index (χ0v) is 12.0. The normalized spacial score (nSPS) is 27.8. The van der Waals surface area contributed by atoms with Crippen LogP contribution in [0.15, 0.2) is 18.2 Å². The molecule has 19 heavy (non-hydrogen) atoms. The summed E-state index contributed by atoms with van der Waals surface area (Å²) in [4.78, 5) is 8.17. The molecule has 1 aromatic carbocycles. The minimum atomic E-state index is 0.00879. The smallest absolute Gasteiger partial charge is 0.114 e. The van der Waals surface area contributed by atoms with Crippen molar-refractivity contribution in [1.29, 1.82) is 0 Å². The summed E-state index contributed by atoms with van der Waals surface area (Å²) in [7, 11) is 0. The molecule has 3 N–H and O–H groups in total. The molecular weight excluding hydrogens is 258 g/mol. The Balaban J connectivity index is 2.04. The van der Waals surface area contributed by atoms with Crippen LogP contribution in [-0.4, -0.2) is 16.5 Å². The van der Waals surface area contributed by atoms with Crippen LogP contribution >= 0.6 is 11.6 Å². The number of para-hydroxylation sites is 1. The molecule has 1 heterocycles. The Morgan fingerprint density at radius 1 is 1.42 bits per heavy atom. The van der Waals surface area contributed by atoms with Crippen molar-refractivity contribution in [2.75, 3.05) is 6.54 Å². The number of hydrogen-bond acceptors (Lipinski definition) is 2. The van der Waals surface area contributed by atoms with Gasteiger partial charge in [-0.3, -0.25) is 0 Å². The molecule has 0 bridgehead atoms. The lowest BCUT2D eigenvalue weighted by molar-refractivity contribution is 0.238. The topological polar surface area (TPSA) is 54.7 Å². The van der Waals surface area contributed by atoms with Gasteiger partial charge < -0.3 is 10.7 Å². The molecule has 3 nitrogen and oxygen atoms in total. The second-order valence-corrected chi connectivity index (χ2v) is 6.30. The minimum Gasteiger partial charge on any atom is -0.341 e. The quantitative estimate of drug-likeness (QED) is 0.881. The van der Waals surface area contributed by atoms with E-state index in [9.17, 15) is 0 Å². The van der Waals surface area contributed by atoms with Crippen LogP contribution in [0.25, 0.3) is 11.0 Å². The maximum atomic E-state index is 6.21. The third kappa shape index (κ3) is 2.15. The first-order valence-electron chi connectivity index (χ1n) is 6.99. The van der Waals surface area contributed by atoms with Crippen molar-refractivity contribution in [3.05, 3.63) is 29.0 Å². The van der Waals surface area contributed by atoms with E-state index in [1.807, 2.05) is 18.2 Å². The number of nitrogens with zero attached hydrogens (tertiary/aromatic N) is 1. The van der Waals surface area contributed by atoms with Gasteiger partial charge in [-0.25, -0.2) is 4.98 Å². The number of aromatic nitrogens is 2. The number of hydrogen-bond donors (Lipinski definition) is 2. The van der Waals surface area contributed by atoms with Gasteiger partial charge in [0.25, 0.3) is 0 Å². The Bertz CT molecular complexity index is 582. The van der Waals surface area contributed by atoms with E-state index in [0.717, 1.165) is 35.6 Å². The van der Waals surface area contributed by atoms with Crippen LogP contribution in [0.1, 0.15) is 38.4 Å². The summed E-state index contributed by atoms with van der Waals surface area (Å²) in [6, 6.07) is 5.85. The maximum Gasteiger partial charge on any atom is 0.114 e. The summed E-state index contributed by atoms with van der Waals surface area (Å²) in [5.41, 5.74) is 7.97. The van der Waals surface area contributed by atoms with Crippen molar-refractivity contribution in [2.24, 2.45) is 11.7 Å². The number of nitrogens with one attached hydrogen (secondary N) is 1. The van der Waals surface area contributed by atoms with Gasteiger partial charge in [-0.1, -0.05) is 24.6 Å². The summed E-state index contributed by atoms with van der Waals surface area (Å²) < 4.78 is 0. The number of rotatable bonds is 2. The van der Waals surface area contributed by atoms with Crippen LogP contribution < -0.4 is 5.73 Å². The Labute approximate surface area is 118 Å². The SMILES string of the molecule is CC1CCC(CN)(c2nc3c(Cl)cccc3[nH]2)CC1. The van der Waals surface area contributed by atoms with Gasteiger partial charge in [0.15, 0.2) is 0 Å². The van der Waals surface area contributed by atoms with Crippen LogP contribution in [0, 0.1) is 5.92 Å². The van der Waals surface area contributed by atoms with Gasteiger partial charge in [0.05, 0.1) is 10.5 Å². The van der Waals surface area contributed by atoms with E-state index in [1.54, 1.807) is 0 Å². The minimum absolute atomic E-state index is 0.00879. The number of fused-ring (bicyclic) bond motifs is 1. The molecule has 1 fully saturated rings. The van der Waals surface area contributed by atoms with Crippen molar-refractivity contribution in [1.82, 2.24) is 9.97 Å². The molecule has 0 unspecified atom stereocenters. The third-order valence-electron chi connectivity index (χ3n) is 4.59. The predicted octanol–water partition coefficient (Wildman–Crippen LogP) is 3.62. The van der Waals surface area contributed by atoms with E-state index in [4.69, 9.17) is 22.3 Å². The van der Waals surface area contributed by atoms with Gasteiger partial charge in [-0.15, -0.1) is 0 Å². The van der Waals surface area contributed by atoms with Crippen LogP contribution in [0.5, 0.6) is 0 Å². The summed E-state index contributed by atoms with van der Waals surface area (Å²) in [5.74, 6) is 1.82. The molecule has 0 aliphatic heterocycles. The Morgan fingerprint density at radius 3 is 2.79 bits per heavy atom. The molecule has 0 saturated heterocycles. The van der Waals surface area contributed by atoms with E-state index < -0.39 is 0 Å². The molecule has 1 saturated carbocycles. The Hall–Kier alpha value is -1.06. The van der Waals surface area contributed by atoms with Gasteiger partial charge in [-0.2, -0.15) is 0 Å². The lowest BCUT2D eigenvalue weighted by Gasteiger charge is -2.36. The van der Waals surface area contributed by atoms with E-state index >= 15 is 0 Å². The average molecular weight is 278 g/mol. The van der Waals surface area contributed by atoms with Crippen molar-refractivity contribution in [3.63, 3.8) is 0 Å². The lowest BCUT2D eigenvalue weighted by atomic mass is 9.70. The molecule has 1 aliphatic carbocycles. The first kappa shape index (κ1) is 12.9. The van der Waals surface area contributed by atoms with Gasteiger partial charge in [0.1, 0.15) is 11.3 Å². The van der Waals surface area contributed by atoms with Crippen molar-refractivity contribution in [3.8, 4) is 0 Å². The number of imidazole rings is 1. The first-order valence-corrected chi connectivity index (χ1v) is 7.37. The van der Waals surface area contributed by atoms with E-state index in [0.29, 0.717) is 11.6 Å².